The van der Waals surface area contributed by atoms with Crippen LogP contribution < -0.4 is 4.74 Å². The first kappa shape index (κ1) is 14.5. The maximum Gasteiger partial charge on any atom is 0.339 e. The number of carboxylic acid groups (broad SMARTS) is 1. The predicted molar refractivity (Wildman–Crippen MR) is 76.0 cm³/mol. The van der Waals surface area contributed by atoms with Crippen molar-refractivity contribution in [1.29, 1.82) is 0 Å². The van der Waals surface area contributed by atoms with E-state index in [-0.39, 0.29) is 6.61 Å². The fourth-order valence-corrected chi connectivity index (χ4v) is 2.27. The second-order valence-electron chi connectivity index (χ2n) is 4.69. The summed E-state index contributed by atoms with van der Waals surface area (Å²) in [6.07, 6.45) is 0. The molecule has 106 valence electrons. The summed E-state index contributed by atoms with van der Waals surface area (Å²) in [6.45, 7) is 2.82. The highest BCUT2D eigenvalue weighted by Gasteiger charge is 2.30. The minimum Gasteiger partial charge on any atom is -0.490 e. The number of hydrogen-bond donors (Lipinski definition) is 2. The Morgan fingerprint density at radius 3 is 2.55 bits per heavy atom. The van der Waals surface area contributed by atoms with E-state index in [1.807, 2.05) is 24.4 Å². The Labute approximate surface area is 120 Å². The van der Waals surface area contributed by atoms with E-state index in [0.717, 1.165) is 16.3 Å². The molecule has 2 aromatic rings. The number of aryl methyl sites for hydroxylation is 1. The smallest absolute Gasteiger partial charge is 0.339 e. The Bertz CT molecular complexity index is 604. The molecule has 20 heavy (non-hydrogen) atoms. The molecule has 1 atom stereocenters. The van der Waals surface area contributed by atoms with Crippen LogP contribution in [0.5, 0.6) is 5.75 Å². The van der Waals surface area contributed by atoms with Gasteiger partial charge in [-0.15, -0.1) is 11.3 Å². The van der Waals surface area contributed by atoms with E-state index in [0.29, 0.717) is 5.75 Å². The predicted octanol–water partition coefficient (Wildman–Crippen LogP) is 2.33. The third kappa shape index (κ3) is 3.34. The Morgan fingerprint density at radius 2 is 2.05 bits per heavy atom. The van der Waals surface area contributed by atoms with Crippen LogP contribution in [0.15, 0.2) is 29.6 Å². The molecule has 2 N–H and O–H groups in total. The molecule has 0 aliphatic heterocycles. The molecule has 1 unspecified atom stereocenters. The lowest BCUT2D eigenvalue weighted by Gasteiger charge is -2.18. The number of benzene rings is 1. The quantitative estimate of drug-likeness (QED) is 0.884. The molecule has 6 heteroatoms. The molecule has 5 nitrogen and oxygen atoms in total. The van der Waals surface area contributed by atoms with Crippen molar-refractivity contribution in [2.75, 3.05) is 6.61 Å². The summed E-state index contributed by atoms with van der Waals surface area (Å²) < 4.78 is 5.28. The molecule has 0 amide bonds. The summed E-state index contributed by atoms with van der Waals surface area (Å²) in [5, 5.41) is 21.2. The van der Waals surface area contributed by atoms with Gasteiger partial charge in [-0.1, -0.05) is 0 Å². The van der Waals surface area contributed by atoms with Crippen LogP contribution in [-0.2, 0) is 4.79 Å². The van der Waals surface area contributed by atoms with Crippen LogP contribution in [0, 0.1) is 6.92 Å². The Hall–Kier alpha value is -1.92. The molecule has 0 aliphatic rings. The second kappa shape index (κ2) is 5.60. The highest BCUT2D eigenvalue weighted by Crippen LogP contribution is 2.25. The van der Waals surface area contributed by atoms with Gasteiger partial charge < -0.3 is 14.9 Å². The molecular weight excluding hydrogens is 278 g/mol. The van der Waals surface area contributed by atoms with E-state index in [9.17, 15) is 9.90 Å². The molecule has 0 bridgehead atoms. The zero-order valence-electron chi connectivity index (χ0n) is 11.2. The van der Waals surface area contributed by atoms with Crippen LogP contribution >= 0.6 is 11.3 Å². The monoisotopic (exact) mass is 293 g/mol. The summed E-state index contributed by atoms with van der Waals surface area (Å²) in [7, 11) is 0. The summed E-state index contributed by atoms with van der Waals surface area (Å²) in [5.41, 5.74) is 0.0498. The van der Waals surface area contributed by atoms with Gasteiger partial charge in [0.1, 0.15) is 17.4 Å². The zero-order valence-corrected chi connectivity index (χ0v) is 12.0. The van der Waals surface area contributed by atoms with Gasteiger partial charge in [-0.2, -0.15) is 0 Å². The maximum absolute atomic E-state index is 10.7. The number of nitrogens with zero attached hydrogens (tertiary/aromatic N) is 1. The van der Waals surface area contributed by atoms with E-state index in [4.69, 9.17) is 9.84 Å². The van der Waals surface area contributed by atoms with Crippen molar-refractivity contribution < 1.29 is 19.7 Å². The van der Waals surface area contributed by atoms with Crippen LogP contribution in [0.1, 0.15) is 12.6 Å². The van der Waals surface area contributed by atoms with Gasteiger partial charge in [0, 0.05) is 16.6 Å². The van der Waals surface area contributed by atoms with Crippen LogP contribution in [-0.4, -0.2) is 33.4 Å². The van der Waals surface area contributed by atoms with Gasteiger partial charge in [-0.05, 0) is 38.1 Å². The highest BCUT2D eigenvalue weighted by atomic mass is 32.1. The Morgan fingerprint density at radius 1 is 1.40 bits per heavy atom. The lowest BCUT2D eigenvalue weighted by molar-refractivity contribution is -0.159. The third-order valence-corrected chi connectivity index (χ3v) is 3.71. The summed E-state index contributed by atoms with van der Waals surface area (Å²) in [4.78, 5) is 15.1. The molecular formula is C14H15NO4S. The van der Waals surface area contributed by atoms with E-state index < -0.39 is 11.6 Å². The topological polar surface area (TPSA) is 79.7 Å². The van der Waals surface area contributed by atoms with Crippen molar-refractivity contribution in [2.24, 2.45) is 0 Å². The van der Waals surface area contributed by atoms with Gasteiger partial charge in [0.15, 0.2) is 5.60 Å². The molecule has 1 aromatic carbocycles. The van der Waals surface area contributed by atoms with Gasteiger partial charge >= 0.3 is 5.97 Å². The SMILES string of the molecule is Cc1csc(-c2ccc(OCC(C)(O)C(=O)O)cc2)n1. The summed E-state index contributed by atoms with van der Waals surface area (Å²) >= 11 is 1.56. The number of carboxylic acids is 1. The minimum atomic E-state index is -1.90. The summed E-state index contributed by atoms with van der Waals surface area (Å²) in [6, 6.07) is 7.15. The van der Waals surface area contributed by atoms with Crippen molar-refractivity contribution in [3.05, 3.63) is 35.3 Å². The third-order valence-electron chi connectivity index (χ3n) is 2.70. The first-order valence-corrected chi connectivity index (χ1v) is 6.87. The number of hydrogen-bond acceptors (Lipinski definition) is 5. The van der Waals surface area contributed by atoms with Crippen molar-refractivity contribution in [2.45, 2.75) is 19.4 Å². The van der Waals surface area contributed by atoms with E-state index in [1.165, 1.54) is 6.92 Å². The molecule has 0 fully saturated rings. The Balaban J connectivity index is 2.04. The van der Waals surface area contributed by atoms with Crippen LogP contribution in [0.4, 0.5) is 0 Å². The first-order chi connectivity index (χ1) is 9.38. The number of aromatic nitrogens is 1. The number of rotatable bonds is 5. The summed E-state index contributed by atoms with van der Waals surface area (Å²) in [5.74, 6) is -0.809. The fraction of sp³-hybridized carbons (Fsp3) is 0.286. The second-order valence-corrected chi connectivity index (χ2v) is 5.54. The van der Waals surface area contributed by atoms with Crippen LogP contribution in [0.3, 0.4) is 0 Å². The van der Waals surface area contributed by atoms with Gasteiger partial charge in [-0.25, -0.2) is 9.78 Å². The highest BCUT2D eigenvalue weighted by molar-refractivity contribution is 7.13. The fourth-order valence-electron chi connectivity index (χ4n) is 1.47. The number of aliphatic hydroxyl groups is 1. The first-order valence-electron chi connectivity index (χ1n) is 5.99. The molecule has 0 spiro atoms. The van der Waals surface area contributed by atoms with Gasteiger partial charge in [0.2, 0.25) is 0 Å². The number of aliphatic carboxylic acids is 1. The van der Waals surface area contributed by atoms with E-state index >= 15 is 0 Å². The number of ether oxygens (including phenoxy) is 1. The van der Waals surface area contributed by atoms with E-state index in [2.05, 4.69) is 4.98 Å². The standard InChI is InChI=1S/C14H15NO4S/c1-9-7-20-12(15-9)10-3-5-11(6-4-10)19-8-14(2,18)13(16)17/h3-7,18H,8H2,1-2H3,(H,16,17). The molecule has 1 aromatic heterocycles. The van der Waals surface area contributed by atoms with Gasteiger partial charge in [0.25, 0.3) is 0 Å². The molecule has 0 aliphatic carbocycles. The van der Waals surface area contributed by atoms with Crippen molar-refractivity contribution in [3.63, 3.8) is 0 Å². The maximum atomic E-state index is 10.7. The molecule has 1 heterocycles. The van der Waals surface area contributed by atoms with Gasteiger partial charge in [-0.3, -0.25) is 0 Å². The average Bonchev–Trinajstić information content (AvgIpc) is 2.83. The number of thiazole rings is 1. The number of carbonyl (C=O) groups is 1. The van der Waals surface area contributed by atoms with E-state index in [1.54, 1.807) is 23.5 Å². The van der Waals surface area contributed by atoms with Crippen molar-refractivity contribution in [1.82, 2.24) is 4.98 Å². The normalized spacial score (nSPS) is 13.8. The van der Waals surface area contributed by atoms with Crippen molar-refractivity contribution in [3.8, 4) is 16.3 Å². The largest absolute Gasteiger partial charge is 0.490 e. The molecule has 2 rings (SSSR count). The average molecular weight is 293 g/mol. The van der Waals surface area contributed by atoms with Gasteiger partial charge in [0.05, 0.1) is 0 Å². The lowest BCUT2D eigenvalue weighted by Crippen LogP contribution is -2.41. The molecule has 0 radical (unpaired) electrons. The minimum absolute atomic E-state index is 0.307. The Kier molecular flexibility index (Phi) is 4.06. The van der Waals surface area contributed by atoms with Crippen LogP contribution in [0.2, 0.25) is 0 Å². The molecule has 0 saturated carbocycles. The van der Waals surface area contributed by atoms with Crippen LogP contribution in [0.25, 0.3) is 10.6 Å². The lowest BCUT2D eigenvalue weighted by atomic mass is 10.1. The van der Waals surface area contributed by atoms with Crippen molar-refractivity contribution >= 4 is 17.3 Å². The molecule has 0 saturated heterocycles. The zero-order chi connectivity index (χ0) is 14.8.